The van der Waals surface area contributed by atoms with Crippen molar-refractivity contribution in [1.82, 2.24) is 4.90 Å². The molecule has 0 aliphatic carbocycles. The number of amides is 1. The van der Waals surface area contributed by atoms with E-state index in [1.54, 1.807) is 24.3 Å². The summed E-state index contributed by atoms with van der Waals surface area (Å²) >= 11 is 1.48. The number of carbonyl (C=O) groups is 2. The SMILES string of the molecule is CC1=C(C(=O)c2ccccc2)N2C(=O)C(=[N+]=[N-])[C@H]2SC1. The molecule has 1 amide bonds. The molecule has 1 saturated heterocycles. The number of nitrogens with zero attached hydrogens (tertiary/aromatic N) is 3. The van der Waals surface area contributed by atoms with Crippen molar-refractivity contribution in [3.63, 3.8) is 0 Å². The van der Waals surface area contributed by atoms with Gasteiger partial charge in [-0.1, -0.05) is 30.3 Å². The van der Waals surface area contributed by atoms with Crippen molar-refractivity contribution < 1.29 is 14.4 Å². The van der Waals surface area contributed by atoms with Gasteiger partial charge in [-0.3, -0.25) is 14.5 Å². The van der Waals surface area contributed by atoms with E-state index in [1.165, 1.54) is 16.7 Å². The summed E-state index contributed by atoms with van der Waals surface area (Å²) in [6.07, 6.45) is 0. The summed E-state index contributed by atoms with van der Waals surface area (Å²) < 4.78 is 0. The molecule has 1 atom stereocenters. The fourth-order valence-corrected chi connectivity index (χ4v) is 3.56. The van der Waals surface area contributed by atoms with Crippen molar-refractivity contribution in [3.8, 4) is 0 Å². The van der Waals surface area contributed by atoms with Gasteiger partial charge in [0, 0.05) is 11.3 Å². The lowest BCUT2D eigenvalue weighted by Crippen LogP contribution is -2.62. The number of β-lactam (4-membered cyclic amide) rings is 1. The standard InChI is InChI=1S/C14H11N3O2S/c1-8-7-20-14-10(16-15)13(19)17(14)11(8)12(18)9-5-3-2-4-6-9/h2-6,14H,7H2,1H3/t14-/m1/s1. The van der Waals surface area contributed by atoms with Crippen molar-refractivity contribution in [2.75, 3.05) is 5.75 Å². The first-order chi connectivity index (χ1) is 9.65. The van der Waals surface area contributed by atoms with E-state index in [0.29, 0.717) is 17.0 Å². The second kappa shape index (κ2) is 4.74. The summed E-state index contributed by atoms with van der Waals surface area (Å²) in [7, 11) is 0. The zero-order chi connectivity index (χ0) is 14.3. The minimum Gasteiger partial charge on any atom is -0.361 e. The monoisotopic (exact) mass is 285 g/mol. The van der Waals surface area contributed by atoms with Crippen LogP contribution >= 0.6 is 11.8 Å². The van der Waals surface area contributed by atoms with Crippen molar-refractivity contribution in [2.45, 2.75) is 12.3 Å². The van der Waals surface area contributed by atoms with Crippen molar-refractivity contribution in [3.05, 3.63) is 52.7 Å². The average molecular weight is 285 g/mol. The third-order valence-electron chi connectivity index (χ3n) is 3.37. The van der Waals surface area contributed by atoms with Crippen LogP contribution in [0.25, 0.3) is 5.53 Å². The third kappa shape index (κ3) is 1.73. The number of allylic oxidation sites excluding steroid dienone is 1. The Bertz CT molecular complexity index is 690. The number of rotatable bonds is 2. The molecule has 20 heavy (non-hydrogen) atoms. The fourth-order valence-electron chi connectivity index (χ4n) is 2.36. The topological polar surface area (TPSA) is 73.8 Å². The maximum Gasteiger partial charge on any atom is 0.389 e. The summed E-state index contributed by atoms with van der Waals surface area (Å²) in [6, 6.07) is 8.87. The van der Waals surface area contributed by atoms with Gasteiger partial charge in [-0.05, 0) is 12.5 Å². The van der Waals surface area contributed by atoms with E-state index in [-0.39, 0.29) is 16.9 Å². The largest absolute Gasteiger partial charge is 0.389 e. The molecule has 2 aliphatic heterocycles. The number of benzene rings is 1. The quantitative estimate of drug-likeness (QED) is 0.359. The highest BCUT2D eigenvalue weighted by molar-refractivity contribution is 8.01. The van der Waals surface area contributed by atoms with E-state index < -0.39 is 5.91 Å². The molecule has 0 saturated carbocycles. The van der Waals surface area contributed by atoms with Gasteiger partial charge in [0.1, 0.15) is 0 Å². The lowest BCUT2D eigenvalue weighted by atomic mass is 9.99. The first kappa shape index (κ1) is 12.8. The molecule has 1 fully saturated rings. The summed E-state index contributed by atoms with van der Waals surface area (Å²) in [6.45, 7) is 1.85. The molecule has 2 heterocycles. The molecular weight excluding hydrogens is 274 g/mol. The van der Waals surface area contributed by atoms with E-state index in [4.69, 9.17) is 5.53 Å². The average Bonchev–Trinajstić information content (AvgIpc) is 2.48. The molecule has 0 N–H and O–H groups in total. The van der Waals surface area contributed by atoms with Gasteiger partial charge in [-0.15, -0.1) is 11.8 Å². The highest BCUT2D eigenvalue weighted by Gasteiger charge is 2.56. The normalized spacial score (nSPS) is 21.2. The molecule has 0 spiro atoms. The molecule has 5 nitrogen and oxygen atoms in total. The Morgan fingerprint density at radius 2 is 2.10 bits per heavy atom. The molecule has 0 radical (unpaired) electrons. The zero-order valence-electron chi connectivity index (χ0n) is 10.7. The smallest absolute Gasteiger partial charge is 0.361 e. The fraction of sp³-hybridized carbons (Fsp3) is 0.214. The molecule has 0 unspecified atom stereocenters. The molecule has 0 aromatic heterocycles. The molecule has 2 aliphatic rings. The van der Waals surface area contributed by atoms with Gasteiger partial charge in [0.2, 0.25) is 5.78 Å². The lowest BCUT2D eigenvalue weighted by Gasteiger charge is -2.40. The van der Waals surface area contributed by atoms with Crippen LogP contribution in [-0.2, 0) is 4.79 Å². The molecule has 1 aromatic rings. The van der Waals surface area contributed by atoms with Gasteiger partial charge in [0.25, 0.3) is 0 Å². The first-order valence-corrected chi connectivity index (χ1v) is 7.16. The van der Waals surface area contributed by atoms with Crippen LogP contribution in [0.4, 0.5) is 0 Å². The summed E-state index contributed by atoms with van der Waals surface area (Å²) in [5.74, 6) is 0.0727. The summed E-state index contributed by atoms with van der Waals surface area (Å²) in [4.78, 5) is 29.0. The van der Waals surface area contributed by atoms with Crippen LogP contribution in [0.1, 0.15) is 17.3 Å². The lowest BCUT2D eigenvalue weighted by molar-refractivity contribution is -0.133. The predicted molar refractivity (Wildman–Crippen MR) is 75.2 cm³/mol. The van der Waals surface area contributed by atoms with Crippen LogP contribution in [-0.4, -0.2) is 38.2 Å². The van der Waals surface area contributed by atoms with Crippen LogP contribution < -0.4 is 0 Å². The second-order valence-corrected chi connectivity index (χ2v) is 5.72. The van der Waals surface area contributed by atoms with E-state index in [1.807, 2.05) is 13.0 Å². The Morgan fingerprint density at radius 3 is 2.75 bits per heavy atom. The highest BCUT2D eigenvalue weighted by atomic mass is 32.2. The van der Waals surface area contributed by atoms with Gasteiger partial charge in [0.05, 0.1) is 5.70 Å². The Hall–Kier alpha value is -2.17. The Morgan fingerprint density at radius 1 is 1.40 bits per heavy atom. The molecule has 1 aromatic carbocycles. The van der Waals surface area contributed by atoms with Crippen molar-refractivity contribution in [2.24, 2.45) is 0 Å². The number of hydrogen-bond acceptors (Lipinski definition) is 3. The molecule has 6 heteroatoms. The molecule has 3 rings (SSSR count). The van der Waals surface area contributed by atoms with E-state index in [9.17, 15) is 9.59 Å². The maximum absolute atomic E-state index is 12.6. The van der Waals surface area contributed by atoms with E-state index in [2.05, 4.69) is 4.79 Å². The van der Waals surface area contributed by atoms with Gasteiger partial charge in [-0.2, -0.15) is 4.79 Å². The summed E-state index contributed by atoms with van der Waals surface area (Å²) in [5.41, 5.74) is 10.8. The minimum atomic E-state index is -0.400. The molecule has 0 bridgehead atoms. The molecular formula is C14H11N3O2S. The number of hydrogen-bond donors (Lipinski definition) is 0. The van der Waals surface area contributed by atoms with Crippen LogP contribution in [0.15, 0.2) is 41.6 Å². The number of thioether (sulfide) groups is 1. The van der Waals surface area contributed by atoms with E-state index in [0.717, 1.165) is 5.57 Å². The van der Waals surface area contributed by atoms with Crippen LogP contribution in [0.3, 0.4) is 0 Å². The predicted octanol–water partition coefficient (Wildman–Crippen LogP) is 1.73. The molecule has 100 valence electrons. The van der Waals surface area contributed by atoms with Crippen molar-refractivity contribution in [1.29, 1.82) is 0 Å². The van der Waals surface area contributed by atoms with Crippen LogP contribution in [0.5, 0.6) is 0 Å². The highest BCUT2D eigenvalue weighted by Crippen LogP contribution is 2.38. The van der Waals surface area contributed by atoms with E-state index >= 15 is 0 Å². The van der Waals surface area contributed by atoms with Crippen molar-refractivity contribution >= 4 is 29.2 Å². The third-order valence-corrected chi connectivity index (χ3v) is 4.72. The first-order valence-electron chi connectivity index (χ1n) is 6.11. The van der Waals surface area contributed by atoms with Crippen LogP contribution in [0.2, 0.25) is 0 Å². The van der Waals surface area contributed by atoms with Gasteiger partial charge in [0.15, 0.2) is 5.37 Å². The number of Topliss-reactive ketones (excluding diaryl/α,β-unsaturated/α-hetero) is 1. The maximum atomic E-state index is 12.6. The summed E-state index contributed by atoms with van der Waals surface area (Å²) in [5, 5.41) is -0.348. The number of ketones is 1. The number of fused-ring (bicyclic) bond motifs is 1. The Labute approximate surface area is 119 Å². The Balaban J connectivity index is 2.02. The van der Waals surface area contributed by atoms with Gasteiger partial charge in [-0.25, -0.2) is 0 Å². The Kier molecular flexibility index (Phi) is 3.04. The zero-order valence-corrected chi connectivity index (χ0v) is 11.6. The van der Waals surface area contributed by atoms with Crippen LogP contribution in [0, 0.1) is 0 Å². The van der Waals surface area contributed by atoms with Gasteiger partial charge < -0.3 is 5.53 Å². The minimum absolute atomic E-state index is 0.112. The second-order valence-electron chi connectivity index (χ2n) is 4.65. The number of carbonyl (C=O) groups excluding carboxylic acids is 2. The van der Waals surface area contributed by atoms with Gasteiger partial charge >= 0.3 is 11.6 Å².